The maximum Gasteiger partial charge on any atom is 0.264 e. The van der Waals surface area contributed by atoms with Crippen LogP contribution in [0.4, 0.5) is 0 Å². The summed E-state index contributed by atoms with van der Waals surface area (Å²) < 4.78 is 26.3. The second-order valence-corrected chi connectivity index (χ2v) is 4.69. The molecule has 0 radical (unpaired) electrons. The van der Waals surface area contributed by atoms with Gasteiger partial charge in [0.15, 0.2) is 6.19 Å². The lowest BCUT2D eigenvalue weighted by molar-refractivity contribution is 0.133. The number of nitrogens with zero attached hydrogens (tertiary/aromatic N) is 2. The van der Waals surface area contributed by atoms with E-state index < -0.39 is 10.1 Å². The van der Waals surface area contributed by atoms with Crippen LogP contribution in [0.1, 0.15) is 12.8 Å². The lowest BCUT2D eigenvalue weighted by Gasteiger charge is -2.26. The molecular formula is C7H12N2O3S. The van der Waals surface area contributed by atoms with E-state index in [0.29, 0.717) is 25.9 Å². The van der Waals surface area contributed by atoms with Crippen LogP contribution in [0.25, 0.3) is 0 Å². The Morgan fingerprint density at radius 3 is 2.38 bits per heavy atom. The number of rotatable bonds is 2. The molecule has 0 bridgehead atoms. The minimum Gasteiger partial charge on any atom is -0.310 e. The molecule has 5 nitrogen and oxygen atoms in total. The highest BCUT2D eigenvalue weighted by molar-refractivity contribution is 7.86. The van der Waals surface area contributed by atoms with Crippen molar-refractivity contribution in [1.29, 1.82) is 5.26 Å². The van der Waals surface area contributed by atoms with Crippen LogP contribution in [0.5, 0.6) is 0 Å². The first-order valence-corrected chi connectivity index (χ1v) is 5.86. The van der Waals surface area contributed by atoms with Gasteiger partial charge >= 0.3 is 0 Å². The van der Waals surface area contributed by atoms with Crippen LogP contribution in [0, 0.1) is 11.5 Å². The predicted molar refractivity (Wildman–Crippen MR) is 46.1 cm³/mol. The highest BCUT2D eigenvalue weighted by Crippen LogP contribution is 2.14. The standard InChI is InChI=1S/C7H12N2O3S/c1-13(10,11)12-7-2-4-9(6-8)5-3-7/h7H,2-5H2,1H3. The average Bonchev–Trinajstić information content (AvgIpc) is 2.03. The molecule has 6 heteroatoms. The van der Waals surface area contributed by atoms with Crippen LogP contribution in [-0.4, -0.2) is 38.8 Å². The number of nitriles is 1. The molecule has 1 aliphatic rings. The van der Waals surface area contributed by atoms with Crippen molar-refractivity contribution >= 4 is 10.1 Å². The van der Waals surface area contributed by atoms with Gasteiger partial charge in [-0.2, -0.15) is 13.7 Å². The van der Waals surface area contributed by atoms with E-state index in [0.717, 1.165) is 6.26 Å². The van der Waals surface area contributed by atoms with E-state index in [4.69, 9.17) is 9.44 Å². The Bertz CT molecular complexity index is 298. The Kier molecular flexibility index (Phi) is 3.12. The van der Waals surface area contributed by atoms with Crippen LogP contribution in [0.15, 0.2) is 0 Å². The van der Waals surface area contributed by atoms with E-state index in [1.165, 1.54) is 0 Å². The summed E-state index contributed by atoms with van der Waals surface area (Å²) in [5.41, 5.74) is 0. The molecule has 0 spiro atoms. The van der Waals surface area contributed by atoms with Crippen molar-refractivity contribution in [2.75, 3.05) is 19.3 Å². The minimum absolute atomic E-state index is 0.250. The van der Waals surface area contributed by atoms with Gasteiger partial charge in [-0.15, -0.1) is 0 Å². The van der Waals surface area contributed by atoms with Crippen LogP contribution in [0.3, 0.4) is 0 Å². The molecule has 0 aliphatic carbocycles. The molecule has 0 unspecified atom stereocenters. The summed E-state index contributed by atoms with van der Waals surface area (Å²) in [7, 11) is -3.35. The molecule has 0 N–H and O–H groups in total. The molecular weight excluding hydrogens is 192 g/mol. The van der Waals surface area contributed by atoms with Crippen molar-refractivity contribution in [2.24, 2.45) is 0 Å². The second-order valence-electron chi connectivity index (χ2n) is 3.09. The van der Waals surface area contributed by atoms with Gasteiger partial charge in [-0.25, -0.2) is 0 Å². The minimum atomic E-state index is -3.35. The molecule has 1 rings (SSSR count). The maximum atomic E-state index is 10.7. The smallest absolute Gasteiger partial charge is 0.264 e. The molecule has 0 aromatic carbocycles. The van der Waals surface area contributed by atoms with Gasteiger partial charge in [0.05, 0.1) is 12.4 Å². The Morgan fingerprint density at radius 1 is 1.46 bits per heavy atom. The van der Waals surface area contributed by atoms with Crippen molar-refractivity contribution < 1.29 is 12.6 Å². The predicted octanol–water partition coefficient (Wildman–Crippen LogP) is -0.0919. The normalized spacial score (nSPS) is 19.8. The Hall–Kier alpha value is -0.800. The van der Waals surface area contributed by atoms with E-state index in [1.807, 2.05) is 6.19 Å². The monoisotopic (exact) mass is 204 g/mol. The van der Waals surface area contributed by atoms with Crippen molar-refractivity contribution in [2.45, 2.75) is 18.9 Å². The lowest BCUT2D eigenvalue weighted by atomic mass is 10.1. The summed E-state index contributed by atoms with van der Waals surface area (Å²) >= 11 is 0. The molecule has 0 amide bonds. The molecule has 0 aromatic rings. The van der Waals surface area contributed by atoms with Gasteiger partial charge in [0, 0.05) is 13.1 Å². The highest BCUT2D eigenvalue weighted by atomic mass is 32.2. The second kappa shape index (κ2) is 3.94. The molecule has 1 heterocycles. The summed E-state index contributed by atoms with van der Waals surface area (Å²) in [5.74, 6) is 0. The molecule has 13 heavy (non-hydrogen) atoms. The fourth-order valence-corrected chi connectivity index (χ4v) is 1.99. The molecule has 0 saturated carbocycles. The first-order chi connectivity index (χ1) is 6.01. The zero-order valence-electron chi connectivity index (χ0n) is 7.43. The quantitative estimate of drug-likeness (QED) is 0.464. The number of hydrogen-bond acceptors (Lipinski definition) is 5. The van der Waals surface area contributed by atoms with Crippen LogP contribution >= 0.6 is 0 Å². The largest absolute Gasteiger partial charge is 0.310 e. The summed E-state index contributed by atoms with van der Waals surface area (Å²) in [5, 5.41) is 8.53. The zero-order chi connectivity index (χ0) is 9.90. The number of piperidine rings is 1. The van der Waals surface area contributed by atoms with Crippen molar-refractivity contribution in [3.05, 3.63) is 0 Å². The van der Waals surface area contributed by atoms with E-state index in [9.17, 15) is 8.42 Å². The average molecular weight is 204 g/mol. The van der Waals surface area contributed by atoms with Gasteiger partial charge in [-0.1, -0.05) is 0 Å². The highest BCUT2D eigenvalue weighted by Gasteiger charge is 2.21. The summed E-state index contributed by atoms with van der Waals surface area (Å²) in [6, 6.07) is 0. The van der Waals surface area contributed by atoms with E-state index in [2.05, 4.69) is 0 Å². The van der Waals surface area contributed by atoms with Gasteiger partial charge < -0.3 is 4.90 Å². The third-order valence-corrected chi connectivity index (χ3v) is 2.52. The van der Waals surface area contributed by atoms with Gasteiger partial charge in [-0.3, -0.25) is 4.18 Å². The van der Waals surface area contributed by atoms with E-state index >= 15 is 0 Å². The fraction of sp³-hybridized carbons (Fsp3) is 0.857. The Morgan fingerprint density at radius 2 is 2.00 bits per heavy atom. The van der Waals surface area contributed by atoms with E-state index in [1.54, 1.807) is 4.90 Å². The topological polar surface area (TPSA) is 70.4 Å². The zero-order valence-corrected chi connectivity index (χ0v) is 8.25. The molecule has 1 saturated heterocycles. The molecule has 0 atom stereocenters. The maximum absolute atomic E-state index is 10.7. The third kappa shape index (κ3) is 3.61. The lowest BCUT2D eigenvalue weighted by Crippen LogP contribution is -2.34. The fourth-order valence-electron chi connectivity index (χ4n) is 1.30. The first-order valence-electron chi connectivity index (χ1n) is 4.04. The number of hydrogen-bond donors (Lipinski definition) is 0. The SMILES string of the molecule is CS(=O)(=O)OC1CCN(C#N)CC1. The molecule has 74 valence electrons. The van der Waals surface area contributed by atoms with Gasteiger partial charge in [0.1, 0.15) is 0 Å². The van der Waals surface area contributed by atoms with Crippen LogP contribution in [0.2, 0.25) is 0 Å². The van der Waals surface area contributed by atoms with Gasteiger partial charge in [0.25, 0.3) is 10.1 Å². The first kappa shape index (κ1) is 10.3. The molecule has 0 aromatic heterocycles. The van der Waals surface area contributed by atoms with Crippen LogP contribution in [-0.2, 0) is 14.3 Å². The van der Waals surface area contributed by atoms with Crippen molar-refractivity contribution in [1.82, 2.24) is 4.90 Å². The van der Waals surface area contributed by atoms with Crippen molar-refractivity contribution in [3.8, 4) is 6.19 Å². The van der Waals surface area contributed by atoms with Crippen LogP contribution < -0.4 is 0 Å². The molecule has 1 aliphatic heterocycles. The Balaban J connectivity index is 2.39. The van der Waals surface area contributed by atoms with Crippen molar-refractivity contribution in [3.63, 3.8) is 0 Å². The summed E-state index contributed by atoms with van der Waals surface area (Å²) in [6.07, 6.45) is 4.01. The van der Waals surface area contributed by atoms with Gasteiger partial charge in [-0.05, 0) is 12.8 Å². The summed E-state index contributed by atoms with van der Waals surface area (Å²) in [4.78, 5) is 1.60. The number of likely N-dealkylation sites (tertiary alicyclic amines) is 1. The summed E-state index contributed by atoms with van der Waals surface area (Å²) in [6.45, 7) is 1.16. The Labute approximate surface area is 78.0 Å². The molecule has 1 fully saturated rings. The third-order valence-electron chi connectivity index (χ3n) is 1.89. The van der Waals surface area contributed by atoms with E-state index in [-0.39, 0.29) is 6.10 Å². The van der Waals surface area contributed by atoms with Gasteiger partial charge in [0.2, 0.25) is 0 Å².